The second-order valence-electron chi connectivity index (χ2n) is 5.94. The summed E-state index contributed by atoms with van der Waals surface area (Å²) < 4.78 is 0. The van der Waals surface area contributed by atoms with E-state index < -0.39 is 36.0 Å². The van der Waals surface area contributed by atoms with Crippen LogP contribution in [-0.4, -0.2) is 75.6 Å². The zero-order chi connectivity index (χ0) is 23.4. The molecule has 0 spiro atoms. The van der Waals surface area contributed by atoms with Crippen LogP contribution in [0.1, 0.15) is 45.4 Å². The van der Waals surface area contributed by atoms with Crippen molar-refractivity contribution in [2.24, 2.45) is 33.7 Å². The van der Waals surface area contributed by atoms with Gasteiger partial charge in [-0.25, -0.2) is 0 Å². The molecule has 0 aromatic carbocycles. The van der Waals surface area contributed by atoms with E-state index in [9.17, 15) is 14.4 Å². The number of hydrogen-bond donors (Lipinski definition) is 9. The van der Waals surface area contributed by atoms with Crippen LogP contribution in [0, 0.1) is 0 Å². The van der Waals surface area contributed by atoms with Crippen LogP contribution in [0.25, 0.3) is 0 Å². The number of nitrogens with zero attached hydrogens (tertiary/aromatic N) is 1. The van der Waals surface area contributed by atoms with Gasteiger partial charge in [0.15, 0.2) is 5.96 Å². The average molecular weight is 424 g/mol. The molecule has 0 heterocycles. The van der Waals surface area contributed by atoms with Gasteiger partial charge in [0.1, 0.15) is 18.1 Å². The Bertz CT molecular complexity index is 486. The van der Waals surface area contributed by atoms with Crippen LogP contribution in [0.4, 0.5) is 0 Å². The maximum atomic E-state index is 10.2. The van der Waals surface area contributed by atoms with E-state index in [0.29, 0.717) is 25.8 Å². The Balaban J connectivity index is -0.000000359. The first-order valence-corrected chi connectivity index (χ1v) is 9.01. The Kier molecular flexibility index (Phi) is 21.8. The maximum absolute atomic E-state index is 10.2. The van der Waals surface area contributed by atoms with Crippen molar-refractivity contribution >= 4 is 23.9 Å². The summed E-state index contributed by atoms with van der Waals surface area (Å²) in [6.45, 7) is 2.26. The molecule has 0 aliphatic carbocycles. The van der Waals surface area contributed by atoms with Crippen LogP contribution in [0.5, 0.6) is 0 Å². The molecule has 0 saturated carbocycles. The molecule has 13 heteroatoms. The van der Waals surface area contributed by atoms with E-state index in [1.165, 1.54) is 0 Å². The minimum absolute atomic E-state index is 0.0129. The lowest BCUT2D eigenvalue weighted by Crippen LogP contribution is -2.30. The van der Waals surface area contributed by atoms with Gasteiger partial charge in [0, 0.05) is 13.2 Å². The van der Waals surface area contributed by atoms with E-state index in [0.717, 1.165) is 12.8 Å². The van der Waals surface area contributed by atoms with E-state index in [1.807, 2.05) is 6.92 Å². The fourth-order valence-corrected chi connectivity index (χ4v) is 1.45. The van der Waals surface area contributed by atoms with Gasteiger partial charge in [-0.3, -0.25) is 19.4 Å². The number of carboxylic acids is 3. The van der Waals surface area contributed by atoms with Gasteiger partial charge < -0.3 is 49.1 Å². The number of nitrogens with two attached hydrogens (primary N) is 5. The Morgan fingerprint density at radius 1 is 0.793 bits per heavy atom. The number of aliphatic hydroxyl groups is 1. The number of rotatable bonds is 12. The summed E-state index contributed by atoms with van der Waals surface area (Å²) in [7, 11) is 0. The maximum Gasteiger partial charge on any atom is 0.320 e. The Hall–Kier alpha value is -2.48. The van der Waals surface area contributed by atoms with Crippen molar-refractivity contribution in [2.45, 2.75) is 63.6 Å². The minimum atomic E-state index is -1.07. The first-order chi connectivity index (χ1) is 13.4. The summed E-state index contributed by atoms with van der Waals surface area (Å²) in [4.78, 5) is 33.8. The summed E-state index contributed by atoms with van der Waals surface area (Å²) in [6.07, 6.45) is 3.56. The van der Waals surface area contributed by atoms with E-state index in [2.05, 4.69) is 4.99 Å². The number of aliphatic imine (C=N–C) groups is 1. The van der Waals surface area contributed by atoms with E-state index in [-0.39, 0.29) is 19.0 Å². The Morgan fingerprint density at radius 3 is 1.45 bits per heavy atom. The van der Waals surface area contributed by atoms with Crippen LogP contribution < -0.4 is 28.7 Å². The van der Waals surface area contributed by atoms with Crippen LogP contribution >= 0.6 is 0 Å². The quantitative estimate of drug-likeness (QED) is 0.0918. The molecular weight excluding hydrogens is 388 g/mol. The van der Waals surface area contributed by atoms with Crippen molar-refractivity contribution in [3.63, 3.8) is 0 Å². The Morgan fingerprint density at radius 2 is 1.17 bits per heavy atom. The van der Waals surface area contributed by atoms with Crippen LogP contribution in [-0.2, 0) is 14.4 Å². The predicted molar refractivity (Wildman–Crippen MR) is 108 cm³/mol. The highest BCUT2D eigenvalue weighted by Crippen LogP contribution is 1.97. The second kappa shape index (κ2) is 20.3. The fourth-order valence-electron chi connectivity index (χ4n) is 1.45. The zero-order valence-electron chi connectivity index (χ0n) is 16.7. The third-order valence-electron chi connectivity index (χ3n) is 3.23. The molecule has 0 aromatic rings. The molecule has 0 aliphatic heterocycles. The normalized spacial score (nSPS) is 12.7. The molecule has 0 fully saturated rings. The lowest BCUT2D eigenvalue weighted by molar-refractivity contribution is -0.139. The summed E-state index contributed by atoms with van der Waals surface area (Å²) in [6, 6.07) is -2.40. The molecule has 3 atom stereocenters. The number of carbonyl (C=O) groups is 3. The summed E-state index contributed by atoms with van der Waals surface area (Å²) >= 11 is 0. The summed E-state index contributed by atoms with van der Waals surface area (Å²) in [5.41, 5.74) is 25.5. The standard InChI is InChI=1S/C6H14N4O2.C6H13NO2.C4H9NO3/c7-4(5(11)12)2-1-3-10-6(8)9;1-2-3-4-5(7)6(8)9;5-3(1-2-6)4(7)8/h4H,1-3,7H2,(H,11,12)(H4,8,9,10);5H,2-4,7H2,1H3,(H,8,9);3,6H,1-2,5H2,(H,7,8)/t4-;;3-/m1.1/s1. The third kappa shape index (κ3) is 25.5. The molecule has 0 rings (SSSR count). The van der Waals surface area contributed by atoms with Crippen molar-refractivity contribution in [1.29, 1.82) is 0 Å². The largest absolute Gasteiger partial charge is 0.480 e. The topological polar surface area (TPSA) is 275 Å². The fraction of sp³-hybridized carbons (Fsp3) is 0.750. The number of hydrogen-bond acceptors (Lipinski definition) is 8. The Labute approximate surface area is 169 Å². The second-order valence-corrected chi connectivity index (χ2v) is 5.94. The van der Waals surface area contributed by atoms with Crippen LogP contribution in [0.2, 0.25) is 0 Å². The molecule has 0 amide bonds. The summed E-state index contributed by atoms with van der Waals surface area (Å²) in [5.74, 6) is -2.96. The molecule has 14 N–H and O–H groups in total. The van der Waals surface area contributed by atoms with Crippen molar-refractivity contribution in [1.82, 2.24) is 0 Å². The van der Waals surface area contributed by atoms with Gasteiger partial charge >= 0.3 is 17.9 Å². The number of carboxylic acid groups (broad SMARTS) is 3. The molecule has 0 aromatic heterocycles. The van der Waals surface area contributed by atoms with Gasteiger partial charge in [0.05, 0.1) is 0 Å². The number of aliphatic carboxylic acids is 3. The SMILES string of the molecule is CCCCC(N)C(=O)O.NC(N)=NCCC[C@@H](N)C(=O)O.N[C@H](CCO)C(=O)O. The number of unbranched alkanes of at least 4 members (excludes halogenated alkanes) is 1. The predicted octanol–water partition coefficient (Wildman–Crippen LogP) is -2.18. The molecule has 1 unspecified atom stereocenters. The van der Waals surface area contributed by atoms with Crippen LogP contribution in [0.15, 0.2) is 4.99 Å². The number of aliphatic hydroxyl groups excluding tert-OH is 1. The molecule has 172 valence electrons. The van der Waals surface area contributed by atoms with Crippen molar-refractivity contribution in [3.8, 4) is 0 Å². The third-order valence-corrected chi connectivity index (χ3v) is 3.23. The molecule has 13 nitrogen and oxygen atoms in total. The first kappa shape index (κ1) is 31.2. The van der Waals surface area contributed by atoms with E-state index >= 15 is 0 Å². The van der Waals surface area contributed by atoms with Gasteiger partial charge in [0.25, 0.3) is 0 Å². The van der Waals surface area contributed by atoms with E-state index in [4.69, 9.17) is 49.1 Å². The lowest BCUT2D eigenvalue weighted by Gasteiger charge is -2.03. The van der Waals surface area contributed by atoms with Gasteiger partial charge in [0.2, 0.25) is 0 Å². The number of guanidine groups is 1. The highest BCUT2D eigenvalue weighted by atomic mass is 16.4. The van der Waals surface area contributed by atoms with Crippen molar-refractivity contribution in [3.05, 3.63) is 0 Å². The monoisotopic (exact) mass is 424 g/mol. The lowest BCUT2D eigenvalue weighted by atomic mass is 10.1. The average Bonchev–Trinajstić information content (AvgIpc) is 2.63. The molecule has 0 radical (unpaired) electrons. The molecular formula is C16H36N6O7. The van der Waals surface area contributed by atoms with Crippen LogP contribution in [0.3, 0.4) is 0 Å². The van der Waals surface area contributed by atoms with Gasteiger partial charge in [-0.15, -0.1) is 0 Å². The molecule has 0 aliphatic rings. The molecule has 0 saturated heterocycles. The van der Waals surface area contributed by atoms with Crippen molar-refractivity contribution in [2.75, 3.05) is 13.2 Å². The first-order valence-electron chi connectivity index (χ1n) is 9.01. The highest BCUT2D eigenvalue weighted by Gasteiger charge is 2.10. The smallest absolute Gasteiger partial charge is 0.320 e. The molecule has 29 heavy (non-hydrogen) atoms. The van der Waals surface area contributed by atoms with Gasteiger partial charge in [-0.05, 0) is 25.7 Å². The van der Waals surface area contributed by atoms with Gasteiger partial charge in [-0.1, -0.05) is 19.8 Å². The summed E-state index contributed by atoms with van der Waals surface area (Å²) in [5, 5.41) is 32.9. The molecule has 0 bridgehead atoms. The van der Waals surface area contributed by atoms with Gasteiger partial charge in [-0.2, -0.15) is 0 Å². The minimum Gasteiger partial charge on any atom is -0.480 e. The van der Waals surface area contributed by atoms with E-state index in [1.54, 1.807) is 0 Å². The zero-order valence-corrected chi connectivity index (χ0v) is 16.7. The van der Waals surface area contributed by atoms with Crippen molar-refractivity contribution < 1.29 is 34.8 Å². The highest BCUT2D eigenvalue weighted by molar-refractivity contribution is 5.75.